The highest BCUT2D eigenvalue weighted by molar-refractivity contribution is 5.87. The third-order valence-electron chi connectivity index (χ3n) is 12.5. The van der Waals surface area contributed by atoms with Gasteiger partial charge in [0.15, 0.2) is 12.2 Å². The summed E-state index contributed by atoms with van der Waals surface area (Å²) in [5.41, 5.74) is 0. The molecule has 0 radical (unpaired) electrons. The summed E-state index contributed by atoms with van der Waals surface area (Å²) >= 11 is 0. The largest absolute Gasteiger partial charge is 0.448 e. The Hall–Kier alpha value is -1.30. The summed E-state index contributed by atoms with van der Waals surface area (Å²) in [5.74, 6) is -0.969. The van der Waals surface area contributed by atoms with E-state index in [-0.39, 0.29) is 0 Å². The Morgan fingerprint density at radius 2 is 0.689 bits per heavy atom. The summed E-state index contributed by atoms with van der Waals surface area (Å²) in [7, 11) is 0. The van der Waals surface area contributed by atoms with Crippen molar-refractivity contribution in [1.82, 2.24) is 9.80 Å². The monoisotopic (exact) mass is 869 g/mol. The van der Waals surface area contributed by atoms with Crippen LogP contribution in [0.1, 0.15) is 240 Å². The summed E-state index contributed by atoms with van der Waals surface area (Å²) in [6.45, 7) is 11.9. The van der Waals surface area contributed by atoms with Gasteiger partial charge in [-0.25, -0.2) is 9.59 Å². The molecule has 0 aliphatic carbocycles. The van der Waals surface area contributed by atoms with Gasteiger partial charge in [-0.3, -0.25) is 9.80 Å². The zero-order chi connectivity index (χ0) is 44.8. The Balaban J connectivity index is 2.47. The van der Waals surface area contributed by atoms with Gasteiger partial charge >= 0.3 is 11.9 Å². The fraction of sp³-hybridized carbons (Fsp3) is 0.961. The molecule has 0 aromatic carbocycles. The molecule has 0 spiro atoms. The zero-order valence-electron chi connectivity index (χ0n) is 40.4. The second-order valence-electron chi connectivity index (χ2n) is 19.0. The molecule has 6 unspecified atom stereocenters. The van der Waals surface area contributed by atoms with Gasteiger partial charge in [-0.2, -0.15) is 0 Å². The van der Waals surface area contributed by atoms with E-state index in [2.05, 4.69) is 30.6 Å². The molecule has 0 bridgehead atoms. The number of rotatable bonds is 45. The van der Waals surface area contributed by atoms with Gasteiger partial charge < -0.3 is 29.9 Å². The highest BCUT2D eigenvalue weighted by atomic mass is 16.6. The number of unbranched alkanes of at least 4 members (excludes halogenated alkanes) is 23. The lowest BCUT2D eigenvalue weighted by atomic mass is 10.0. The Morgan fingerprint density at radius 1 is 0.410 bits per heavy atom. The third-order valence-corrected chi connectivity index (χ3v) is 12.5. The molecular formula is C51H100N2O8. The zero-order valence-corrected chi connectivity index (χ0v) is 40.4. The molecule has 1 saturated heterocycles. The molecule has 10 nitrogen and oxygen atoms in total. The molecule has 10 heteroatoms. The Kier molecular flexibility index (Phi) is 38.1. The first kappa shape index (κ1) is 57.7. The molecule has 4 N–H and O–H groups in total. The number of hydrogen-bond donors (Lipinski definition) is 4. The quantitative estimate of drug-likeness (QED) is 0.0345. The van der Waals surface area contributed by atoms with Crippen LogP contribution in [0, 0.1) is 0 Å². The van der Waals surface area contributed by atoms with Gasteiger partial charge in [0.05, 0.1) is 24.4 Å². The first-order valence-electron chi connectivity index (χ1n) is 26.2. The molecular weight excluding hydrogens is 769 g/mol. The van der Waals surface area contributed by atoms with Crippen molar-refractivity contribution in [3.63, 3.8) is 0 Å². The van der Waals surface area contributed by atoms with E-state index in [1.165, 1.54) is 116 Å². The Bertz CT molecular complexity index is 974. The fourth-order valence-corrected chi connectivity index (χ4v) is 8.81. The van der Waals surface area contributed by atoms with E-state index in [9.17, 15) is 30.0 Å². The number of ether oxygens (including phenoxy) is 2. The maximum Gasteiger partial charge on any atom is 0.348 e. The Morgan fingerprint density at radius 3 is 0.984 bits per heavy atom. The number of hydrogen-bond acceptors (Lipinski definition) is 10. The molecule has 6 atom stereocenters. The molecule has 0 aromatic rings. The summed E-state index contributed by atoms with van der Waals surface area (Å²) in [6.07, 6.45) is 31.9. The van der Waals surface area contributed by atoms with E-state index >= 15 is 0 Å². The predicted octanol–water partition coefficient (Wildman–Crippen LogP) is 10.8. The van der Waals surface area contributed by atoms with E-state index in [1.807, 2.05) is 0 Å². The van der Waals surface area contributed by atoms with E-state index in [0.717, 1.165) is 70.6 Å². The van der Waals surface area contributed by atoms with Gasteiger partial charge in [0.1, 0.15) is 0 Å². The van der Waals surface area contributed by atoms with Crippen LogP contribution in [0.2, 0.25) is 0 Å². The average Bonchev–Trinajstić information content (AvgIpc) is 3.22. The van der Waals surface area contributed by atoms with Crippen LogP contribution >= 0.6 is 0 Å². The standard InChI is InChI=1S/C51H100N2O8/c1-5-8-11-14-17-20-23-26-33-45(55)41-52(40-44(4)54)38-31-29-36-48-50(58)61-49(51(59)60-48)37-30-32-39-53(42-46(56)34-27-24-21-18-15-12-9-6-2)43-47(57)35-28-25-22-19-16-13-10-7-3/h44-49,54-57H,5-43H2,1-4H3. The number of aliphatic hydroxyl groups excluding tert-OH is 4. The van der Waals surface area contributed by atoms with Crippen molar-refractivity contribution in [2.75, 3.05) is 39.3 Å². The number of nitrogens with zero attached hydrogens (tertiary/aromatic N) is 2. The highest BCUT2D eigenvalue weighted by Crippen LogP contribution is 2.21. The lowest BCUT2D eigenvalue weighted by Crippen LogP contribution is -2.44. The Labute approximate surface area is 375 Å². The molecule has 1 fully saturated rings. The molecule has 362 valence electrons. The van der Waals surface area contributed by atoms with Crippen molar-refractivity contribution in [2.24, 2.45) is 0 Å². The van der Waals surface area contributed by atoms with E-state index < -0.39 is 48.6 Å². The SMILES string of the molecule is CCCCCCCCCCC(O)CN(CCCCC1OC(=O)C(CCCCN(CC(O)CCCCCCCCCC)CC(O)CCCCCCCCCC)OC1=O)CC(C)O. The van der Waals surface area contributed by atoms with Crippen LogP contribution < -0.4 is 0 Å². The van der Waals surface area contributed by atoms with Crippen LogP contribution in [0.5, 0.6) is 0 Å². The van der Waals surface area contributed by atoms with E-state index in [1.54, 1.807) is 6.92 Å². The number of aliphatic hydroxyl groups is 4. The maximum absolute atomic E-state index is 12.9. The molecule has 1 aliphatic heterocycles. The van der Waals surface area contributed by atoms with Crippen molar-refractivity contribution < 1.29 is 39.5 Å². The molecule has 1 heterocycles. The summed E-state index contributed by atoms with van der Waals surface area (Å²) < 4.78 is 11.2. The van der Waals surface area contributed by atoms with Gasteiger partial charge in [0.25, 0.3) is 0 Å². The molecule has 61 heavy (non-hydrogen) atoms. The van der Waals surface area contributed by atoms with Crippen molar-refractivity contribution in [2.45, 2.75) is 276 Å². The van der Waals surface area contributed by atoms with E-state index in [0.29, 0.717) is 65.0 Å². The van der Waals surface area contributed by atoms with Crippen molar-refractivity contribution in [1.29, 1.82) is 0 Å². The van der Waals surface area contributed by atoms with E-state index in [4.69, 9.17) is 9.47 Å². The van der Waals surface area contributed by atoms with Crippen LogP contribution in [0.15, 0.2) is 0 Å². The molecule has 0 aromatic heterocycles. The smallest absolute Gasteiger partial charge is 0.348 e. The van der Waals surface area contributed by atoms with Gasteiger partial charge in [-0.05, 0) is 77.8 Å². The lowest BCUT2D eigenvalue weighted by molar-refractivity contribution is -0.196. The minimum Gasteiger partial charge on any atom is -0.448 e. The molecule has 0 amide bonds. The molecule has 1 rings (SSSR count). The fourth-order valence-electron chi connectivity index (χ4n) is 8.81. The summed E-state index contributed by atoms with van der Waals surface area (Å²) in [4.78, 5) is 30.1. The van der Waals surface area contributed by atoms with Gasteiger partial charge in [-0.1, -0.05) is 175 Å². The van der Waals surface area contributed by atoms with Crippen LogP contribution in [-0.4, -0.2) is 118 Å². The van der Waals surface area contributed by atoms with Crippen LogP contribution in [0.4, 0.5) is 0 Å². The minimum atomic E-state index is -0.901. The minimum absolute atomic E-state index is 0.387. The molecule has 1 aliphatic rings. The first-order chi connectivity index (χ1) is 29.6. The highest BCUT2D eigenvalue weighted by Gasteiger charge is 2.37. The van der Waals surface area contributed by atoms with Crippen LogP contribution in [-0.2, 0) is 19.1 Å². The number of cyclic esters (lactones) is 2. The second kappa shape index (κ2) is 40.2. The lowest BCUT2D eigenvalue weighted by Gasteiger charge is -2.29. The maximum atomic E-state index is 12.9. The van der Waals surface area contributed by atoms with Crippen molar-refractivity contribution in [3.8, 4) is 0 Å². The van der Waals surface area contributed by atoms with Crippen molar-refractivity contribution in [3.05, 3.63) is 0 Å². The summed E-state index contributed by atoms with van der Waals surface area (Å²) in [6, 6.07) is 0. The average molecular weight is 869 g/mol. The topological polar surface area (TPSA) is 140 Å². The number of esters is 2. The number of carbonyl (C=O) groups is 2. The van der Waals surface area contributed by atoms with Crippen LogP contribution in [0.25, 0.3) is 0 Å². The summed E-state index contributed by atoms with van der Waals surface area (Å²) in [5, 5.41) is 42.7. The van der Waals surface area contributed by atoms with Gasteiger partial charge in [0.2, 0.25) is 0 Å². The van der Waals surface area contributed by atoms with Crippen molar-refractivity contribution >= 4 is 11.9 Å². The van der Waals surface area contributed by atoms with Crippen LogP contribution in [0.3, 0.4) is 0 Å². The van der Waals surface area contributed by atoms with Gasteiger partial charge in [-0.15, -0.1) is 0 Å². The van der Waals surface area contributed by atoms with Gasteiger partial charge in [0, 0.05) is 26.2 Å². The normalized spacial score (nSPS) is 17.8. The third kappa shape index (κ3) is 33.8. The second-order valence-corrected chi connectivity index (χ2v) is 19.0. The number of carbonyl (C=O) groups excluding carboxylic acids is 2. The molecule has 0 saturated carbocycles. The first-order valence-corrected chi connectivity index (χ1v) is 26.2. The predicted molar refractivity (Wildman–Crippen MR) is 252 cm³/mol.